The summed E-state index contributed by atoms with van der Waals surface area (Å²) in [6.45, 7) is 3.59. The maximum absolute atomic E-state index is 12.3. The molecule has 128 valence electrons. The van der Waals surface area contributed by atoms with Crippen molar-refractivity contribution in [1.29, 1.82) is 0 Å². The van der Waals surface area contributed by atoms with Crippen molar-refractivity contribution in [3.05, 3.63) is 65.7 Å². The van der Waals surface area contributed by atoms with Gasteiger partial charge < -0.3 is 10.1 Å². The first-order chi connectivity index (χ1) is 12.0. The smallest absolute Gasteiger partial charge is 0.265 e. The Kier molecular flexibility index (Phi) is 5.00. The molecule has 1 atom stereocenters. The Hall–Kier alpha value is -2.86. The SMILES string of the molecule is Cc1cc(Cl)ccc1OC(C)C(=O)Nc1ccc(-n2cncn2)cc1. The molecule has 0 saturated carbocycles. The normalized spacial score (nSPS) is 11.8. The van der Waals surface area contributed by atoms with Gasteiger partial charge in [0.15, 0.2) is 6.10 Å². The molecule has 3 aromatic rings. The molecule has 0 saturated heterocycles. The highest BCUT2D eigenvalue weighted by Gasteiger charge is 2.16. The molecule has 1 N–H and O–H groups in total. The summed E-state index contributed by atoms with van der Waals surface area (Å²) in [6.07, 6.45) is 2.43. The van der Waals surface area contributed by atoms with Crippen LogP contribution in [0.25, 0.3) is 5.69 Å². The van der Waals surface area contributed by atoms with Crippen molar-refractivity contribution >= 4 is 23.2 Å². The average Bonchev–Trinajstić information content (AvgIpc) is 3.12. The van der Waals surface area contributed by atoms with E-state index < -0.39 is 6.10 Å². The van der Waals surface area contributed by atoms with Gasteiger partial charge >= 0.3 is 0 Å². The fourth-order valence-electron chi connectivity index (χ4n) is 2.27. The van der Waals surface area contributed by atoms with Gasteiger partial charge in [0.05, 0.1) is 5.69 Å². The summed E-state index contributed by atoms with van der Waals surface area (Å²) in [5.41, 5.74) is 2.41. The zero-order chi connectivity index (χ0) is 17.8. The number of hydrogen-bond donors (Lipinski definition) is 1. The molecule has 1 unspecified atom stereocenters. The molecule has 25 heavy (non-hydrogen) atoms. The summed E-state index contributed by atoms with van der Waals surface area (Å²) in [5.74, 6) is 0.399. The Morgan fingerprint density at radius 2 is 2.00 bits per heavy atom. The van der Waals surface area contributed by atoms with Crippen LogP contribution in [0.5, 0.6) is 5.75 Å². The van der Waals surface area contributed by atoms with Crippen molar-refractivity contribution in [3.8, 4) is 11.4 Å². The molecule has 0 aliphatic rings. The number of carbonyl (C=O) groups excluding carboxylic acids is 1. The Labute approximate surface area is 150 Å². The van der Waals surface area contributed by atoms with Crippen LogP contribution in [0.15, 0.2) is 55.1 Å². The predicted octanol–water partition coefficient (Wildman–Crippen LogP) is 3.64. The van der Waals surface area contributed by atoms with Crippen LogP contribution in [0, 0.1) is 6.92 Å². The molecule has 1 heterocycles. The van der Waals surface area contributed by atoms with E-state index in [1.165, 1.54) is 6.33 Å². The zero-order valence-electron chi connectivity index (χ0n) is 13.8. The lowest BCUT2D eigenvalue weighted by atomic mass is 10.2. The lowest BCUT2D eigenvalue weighted by molar-refractivity contribution is -0.122. The number of halogens is 1. The number of aryl methyl sites for hydroxylation is 1. The van der Waals surface area contributed by atoms with Crippen molar-refractivity contribution in [1.82, 2.24) is 14.8 Å². The van der Waals surface area contributed by atoms with Crippen LogP contribution in [0.2, 0.25) is 5.02 Å². The molecule has 0 radical (unpaired) electrons. The summed E-state index contributed by atoms with van der Waals surface area (Å²) in [5, 5.41) is 7.52. The minimum atomic E-state index is -0.644. The minimum absolute atomic E-state index is 0.233. The largest absolute Gasteiger partial charge is 0.481 e. The van der Waals surface area contributed by atoms with Crippen LogP contribution in [0.3, 0.4) is 0 Å². The van der Waals surface area contributed by atoms with Crippen LogP contribution in [-0.2, 0) is 4.79 Å². The van der Waals surface area contributed by atoms with Gasteiger partial charge in [-0.05, 0) is 61.9 Å². The van der Waals surface area contributed by atoms with Gasteiger partial charge in [0.1, 0.15) is 18.4 Å². The molecule has 0 bridgehead atoms. The van der Waals surface area contributed by atoms with Crippen LogP contribution >= 0.6 is 11.6 Å². The van der Waals surface area contributed by atoms with Crippen LogP contribution in [0.4, 0.5) is 5.69 Å². The molecule has 3 rings (SSSR count). The Bertz CT molecular complexity index is 863. The number of amides is 1. The van der Waals surface area contributed by atoms with E-state index in [0.717, 1.165) is 11.3 Å². The van der Waals surface area contributed by atoms with Gasteiger partial charge in [-0.25, -0.2) is 9.67 Å². The van der Waals surface area contributed by atoms with E-state index in [2.05, 4.69) is 15.4 Å². The molecule has 6 nitrogen and oxygen atoms in total. The molecule has 2 aromatic carbocycles. The summed E-state index contributed by atoms with van der Waals surface area (Å²) >= 11 is 5.93. The van der Waals surface area contributed by atoms with E-state index >= 15 is 0 Å². The molecule has 1 amide bonds. The van der Waals surface area contributed by atoms with Gasteiger partial charge in [-0.2, -0.15) is 5.10 Å². The van der Waals surface area contributed by atoms with E-state index in [0.29, 0.717) is 16.5 Å². The zero-order valence-corrected chi connectivity index (χ0v) is 14.6. The summed E-state index contributed by atoms with van der Waals surface area (Å²) < 4.78 is 7.36. The standard InChI is InChI=1S/C18H17ClN4O2/c1-12-9-14(19)3-8-17(12)25-13(2)18(24)22-15-4-6-16(7-5-15)23-11-20-10-21-23/h3-11,13H,1-2H3,(H,22,24). The van der Waals surface area contributed by atoms with Crippen LogP contribution < -0.4 is 10.1 Å². The first-order valence-electron chi connectivity index (χ1n) is 7.71. The number of carbonyl (C=O) groups is 1. The van der Waals surface area contributed by atoms with Gasteiger partial charge in [-0.3, -0.25) is 4.79 Å². The Morgan fingerprint density at radius 3 is 2.64 bits per heavy atom. The third kappa shape index (κ3) is 4.16. The molecular weight excluding hydrogens is 340 g/mol. The van der Waals surface area contributed by atoms with E-state index in [-0.39, 0.29) is 5.91 Å². The fourth-order valence-corrected chi connectivity index (χ4v) is 2.50. The highest BCUT2D eigenvalue weighted by Crippen LogP contribution is 2.23. The summed E-state index contributed by atoms with van der Waals surface area (Å²) in [6, 6.07) is 12.6. The maximum atomic E-state index is 12.3. The molecular formula is C18H17ClN4O2. The molecule has 1 aromatic heterocycles. The van der Waals surface area contributed by atoms with Gasteiger partial charge in [-0.15, -0.1) is 0 Å². The topological polar surface area (TPSA) is 69.0 Å². The number of benzene rings is 2. The van der Waals surface area contributed by atoms with E-state index in [1.54, 1.807) is 48.3 Å². The lowest BCUT2D eigenvalue weighted by Gasteiger charge is -2.16. The van der Waals surface area contributed by atoms with E-state index in [9.17, 15) is 4.79 Å². The van der Waals surface area contributed by atoms with Crippen molar-refractivity contribution in [3.63, 3.8) is 0 Å². The number of ether oxygens (including phenoxy) is 1. The second kappa shape index (κ2) is 7.36. The van der Waals surface area contributed by atoms with Crippen molar-refractivity contribution < 1.29 is 9.53 Å². The number of aromatic nitrogens is 3. The highest BCUT2D eigenvalue weighted by molar-refractivity contribution is 6.30. The van der Waals surface area contributed by atoms with Crippen molar-refractivity contribution in [2.75, 3.05) is 5.32 Å². The maximum Gasteiger partial charge on any atom is 0.265 e. The Morgan fingerprint density at radius 1 is 1.24 bits per heavy atom. The van der Waals surface area contributed by atoms with Crippen molar-refractivity contribution in [2.24, 2.45) is 0 Å². The average molecular weight is 357 g/mol. The quantitative estimate of drug-likeness (QED) is 0.757. The number of nitrogens with zero attached hydrogens (tertiary/aromatic N) is 3. The first kappa shape index (κ1) is 17.0. The molecule has 0 aliphatic heterocycles. The summed E-state index contributed by atoms with van der Waals surface area (Å²) in [4.78, 5) is 16.2. The number of nitrogens with one attached hydrogen (secondary N) is 1. The van der Waals surface area contributed by atoms with E-state index in [1.807, 2.05) is 19.1 Å². The minimum Gasteiger partial charge on any atom is -0.481 e. The second-order valence-electron chi connectivity index (χ2n) is 5.55. The number of hydrogen-bond acceptors (Lipinski definition) is 4. The highest BCUT2D eigenvalue weighted by atomic mass is 35.5. The first-order valence-corrected chi connectivity index (χ1v) is 8.09. The predicted molar refractivity (Wildman–Crippen MR) is 96.3 cm³/mol. The molecule has 0 fully saturated rings. The van der Waals surface area contributed by atoms with Gasteiger partial charge in [0.25, 0.3) is 5.91 Å². The molecule has 0 spiro atoms. The van der Waals surface area contributed by atoms with Gasteiger partial charge in [0.2, 0.25) is 0 Å². The van der Waals surface area contributed by atoms with Gasteiger partial charge in [-0.1, -0.05) is 11.6 Å². The van der Waals surface area contributed by atoms with Crippen molar-refractivity contribution in [2.45, 2.75) is 20.0 Å². The van der Waals surface area contributed by atoms with E-state index in [4.69, 9.17) is 16.3 Å². The fraction of sp³-hybridized carbons (Fsp3) is 0.167. The molecule has 7 heteroatoms. The summed E-state index contributed by atoms with van der Waals surface area (Å²) in [7, 11) is 0. The van der Waals surface area contributed by atoms with Gasteiger partial charge in [0, 0.05) is 10.7 Å². The third-order valence-electron chi connectivity index (χ3n) is 3.63. The monoisotopic (exact) mass is 356 g/mol. The number of rotatable bonds is 5. The lowest BCUT2D eigenvalue weighted by Crippen LogP contribution is -2.30. The second-order valence-corrected chi connectivity index (χ2v) is 5.98. The molecule has 0 aliphatic carbocycles. The van der Waals surface area contributed by atoms with Crippen LogP contribution in [0.1, 0.15) is 12.5 Å². The number of anilines is 1. The Balaban J connectivity index is 1.63. The third-order valence-corrected chi connectivity index (χ3v) is 3.86. The van der Waals surface area contributed by atoms with Crippen LogP contribution in [-0.4, -0.2) is 26.8 Å².